The molecule has 84 valence electrons. The van der Waals surface area contributed by atoms with Crippen LogP contribution in [0.3, 0.4) is 0 Å². The molecule has 2 aromatic heterocycles. The lowest BCUT2D eigenvalue weighted by atomic mass is 10.2. The summed E-state index contributed by atoms with van der Waals surface area (Å²) < 4.78 is 37.2. The van der Waals surface area contributed by atoms with E-state index in [0.717, 1.165) is 23.6 Å². The van der Waals surface area contributed by atoms with E-state index < -0.39 is 11.7 Å². The molecule has 4 nitrogen and oxygen atoms in total. The summed E-state index contributed by atoms with van der Waals surface area (Å²) in [6.07, 6.45) is -2.37. The van der Waals surface area contributed by atoms with Gasteiger partial charge < -0.3 is 5.73 Å². The number of nitrogens with two attached hydrogens (primary N) is 1. The van der Waals surface area contributed by atoms with Crippen molar-refractivity contribution >= 4 is 16.5 Å². The number of alkyl halides is 3. The number of anilines is 1. The van der Waals surface area contributed by atoms with Gasteiger partial charge in [-0.1, -0.05) is 11.3 Å². The summed E-state index contributed by atoms with van der Waals surface area (Å²) in [4.78, 5) is 3.51. The number of aromatic nitrogens is 3. The Kier molecular flexibility index (Phi) is 2.50. The number of hydrogen-bond donors (Lipinski definition) is 1. The molecule has 0 bridgehead atoms. The molecule has 8 heteroatoms. The van der Waals surface area contributed by atoms with Gasteiger partial charge >= 0.3 is 6.18 Å². The third kappa shape index (κ3) is 2.11. The van der Waals surface area contributed by atoms with Crippen molar-refractivity contribution in [1.82, 2.24) is 15.2 Å². The van der Waals surface area contributed by atoms with Crippen molar-refractivity contribution in [2.75, 3.05) is 5.73 Å². The van der Waals surface area contributed by atoms with Gasteiger partial charge in [-0.3, -0.25) is 4.98 Å². The monoisotopic (exact) mass is 246 g/mol. The van der Waals surface area contributed by atoms with Gasteiger partial charge in [0.25, 0.3) is 0 Å². The maximum absolute atomic E-state index is 12.4. The van der Waals surface area contributed by atoms with E-state index in [1.165, 1.54) is 6.20 Å². The van der Waals surface area contributed by atoms with Gasteiger partial charge in [-0.2, -0.15) is 13.2 Å². The number of halogens is 3. The van der Waals surface area contributed by atoms with Crippen LogP contribution in [0.2, 0.25) is 0 Å². The van der Waals surface area contributed by atoms with E-state index in [1.807, 2.05) is 0 Å². The molecule has 2 N–H and O–H groups in total. The van der Waals surface area contributed by atoms with E-state index in [2.05, 4.69) is 15.2 Å². The van der Waals surface area contributed by atoms with Gasteiger partial charge in [0, 0.05) is 18.0 Å². The molecule has 0 radical (unpaired) electrons. The van der Waals surface area contributed by atoms with E-state index >= 15 is 0 Å². The Morgan fingerprint density at radius 1 is 1.19 bits per heavy atom. The van der Waals surface area contributed by atoms with Gasteiger partial charge in [0.05, 0.1) is 5.56 Å². The van der Waals surface area contributed by atoms with Crippen LogP contribution >= 0.6 is 11.3 Å². The molecule has 2 aromatic rings. The smallest absolute Gasteiger partial charge is 0.374 e. The number of pyridine rings is 1. The lowest BCUT2D eigenvalue weighted by Gasteiger charge is -2.06. The average Bonchev–Trinajstić information content (AvgIpc) is 2.64. The summed E-state index contributed by atoms with van der Waals surface area (Å²) in [7, 11) is 0. The first-order valence-electron chi connectivity index (χ1n) is 4.08. The molecule has 2 heterocycles. The summed E-state index contributed by atoms with van der Waals surface area (Å²) in [5.41, 5.74) is 4.78. The van der Waals surface area contributed by atoms with Gasteiger partial charge in [-0.05, 0) is 6.07 Å². The minimum Gasteiger partial charge on any atom is -0.374 e. The standard InChI is InChI=1S/C8H5F3N4S/c9-8(10,11)5-1-4(2-13-3-5)6-14-15-7(12)16-6/h1-3H,(H2,12,15). The van der Waals surface area contributed by atoms with E-state index in [1.54, 1.807) is 0 Å². The van der Waals surface area contributed by atoms with E-state index in [0.29, 0.717) is 5.01 Å². The van der Waals surface area contributed by atoms with Crippen molar-refractivity contribution in [2.24, 2.45) is 0 Å². The van der Waals surface area contributed by atoms with E-state index in [9.17, 15) is 13.2 Å². The van der Waals surface area contributed by atoms with Crippen LogP contribution in [-0.4, -0.2) is 15.2 Å². The topological polar surface area (TPSA) is 64.7 Å². The fourth-order valence-electron chi connectivity index (χ4n) is 1.06. The Balaban J connectivity index is 2.44. The summed E-state index contributed by atoms with van der Waals surface area (Å²) in [6, 6.07) is 0.965. The Hall–Kier alpha value is -1.70. The van der Waals surface area contributed by atoms with Crippen LogP contribution in [0.5, 0.6) is 0 Å². The summed E-state index contributed by atoms with van der Waals surface area (Å²) in [5, 5.41) is 7.68. The zero-order valence-electron chi connectivity index (χ0n) is 7.69. The van der Waals surface area contributed by atoms with Crippen molar-refractivity contribution in [2.45, 2.75) is 6.18 Å². The molecule has 0 amide bonds. The Bertz CT molecular complexity index is 508. The maximum atomic E-state index is 12.4. The van der Waals surface area contributed by atoms with Crippen molar-refractivity contribution < 1.29 is 13.2 Å². The highest BCUT2D eigenvalue weighted by molar-refractivity contribution is 7.18. The number of hydrogen-bond acceptors (Lipinski definition) is 5. The van der Waals surface area contributed by atoms with Crippen LogP contribution < -0.4 is 5.73 Å². The van der Waals surface area contributed by atoms with Crippen molar-refractivity contribution in [3.05, 3.63) is 24.0 Å². The molecule has 0 spiro atoms. The molecule has 2 rings (SSSR count). The van der Waals surface area contributed by atoms with Crippen LogP contribution in [0.15, 0.2) is 18.5 Å². The highest BCUT2D eigenvalue weighted by atomic mass is 32.1. The van der Waals surface area contributed by atoms with Crippen LogP contribution in [0, 0.1) is 0 Å². The van der Waals surface area contributed by atoms with Crippen molar-refractivity contribution in [1.29, 1.82) is 0 Å². The molecule has 0 aliphatic rings. The third-order valence-corrected chi connectivity index (χ3v) is 2.55. The number of nitrogens with zero attached hydrogens (tertiary/aromatic N) is 3. The van der Waals surface area contributed by atoms with E-state index in [-0.39, 0.29) is 10.7 Å². The predicted octanol–water partition coefficient (Wildman–Crippen LogP) is 2.20. The summed E-state index contributed by atoms with van der Waals surface area (Å²) in [5.74, 6) is 0. The second-order valence-electron chi connectivity index (χ2n) is 2.91. The van der Waals surface area contributed by atoms with Crippen LogP contribution in [-0.2, 0) is 6.18 Å². The maximum Gasteiger partial charge on any atom is 0.417 e. The summed E-state index contributed by atoms with van der Waals surface area (Å²) >= 11 is 1.01. The SMILES string of the molecule is Nc1nnc(-c2cncc(C(F)(F)F)c2)s1. The molecule has 0 aliphatic heterocycles. The van der Waals surface area contributed by atoms with Crippen LogP contribution in [0.4, 0.5) is 18.3 Å². The largest absolute Gasteiger partial charge is 0.417 e. The second kappa shape index (κ2) is 3.71. The normalized spacial score (nSPS) is 11.7. The molecule has 0 unspecified atom stereocenters. The molecule has 0 atom stereocenters. The Morgan fingerprint density at radius 3 is 2.50 bits per heavy atom. The zero-order chi connectivity index (χ0) is 11.8. The molecule has 0 saturated heterocycles. The highest BCUT2D eigenvalue weighted by Crippen LogP contribution is 2.32. The molecular formula is C8H5F3N4S. The number of nitrogen functional groups attached to an aromatic ring is 1. The minimum atomic E-state index is -4.42. The molecule has 0 aliphatic carbocycles. The van der Waals surface area contributed by atoms with Crippen molar-refractivity contribution in [3.63, 3.8) is 0 Å². The fraction of sp³-hybridized carbons (Fsp3) is 0.125. The molecular weight excluding hydrogens is 241 g/mol. The lowest BCUT2D eigenvalue weighted by Crippen LogP contribution is -2.05. The second-order valence-corrected chi connectivity index (χ2v) is 3.91. The first-order chi connectivity index (χ1) is 7.47. The predicted molar refractivity (Wildman–Crippen MR) is 52.6 cm³/mol. The van der Waals surface area contributed by atoms with Crippen LogP contribution in [0.25, 0.3) is 10.6 Å². The first kappa shape index (κ1) is 10.8. The fourth-order valence-corrected chi connectivity index (χ4v) is 1.65. The minimum absolute atomic E-state index is 0.201. The highest BCUT2D eigenvalue weighted by Gasteiger charge is 2.31. The lowest BCUT2D eigenvalue weighted by molar-refractivity contribution is -0.137. The van der Waals surface area contributed by atoms with Gasteiger partial charge in [0.2, 0.25) is 5.13 Å². The van der Waals surface area contributed by atoms with Crippen LogP contribution in [0.1, 0.15) is 5.56 Å². The van der Waals surface area contributed by atoms with Gasteiger partial charge in [0.1, 0.15) is 0 Å². The quantitative estimate of drug-likeness (QED) is 0.837. The Morgan fingerprint density at radius 2 is 1.94 bits per heavy atom. The van der Waals surface area contributed by atoms with Crippen molar-refractivity contribution in [3.8, 4) is 10.6 Å². The summed E-state index contributed by atoms with van der Waals surface area (Å²) in [6.45, 7) is 0. The first-order valence-corrected chi connectivity index (χ1v) is 4.90. The van der Waals surface area contributed by atoms with Gasteiger partial charge in [0.15, 0.2) is 5.01 Å². The Labute approximate surface area is 92.0 Å². The molecule has 0 aromatic carbocycles. The third-order valence-electron chi connectivity index (χ3n) is 1.75. The molecule has 16 heavy (non-hydrogen) atoms. The average molecular weight is 246 g/mol. The van der Waals surface area contributed by atoms with Gasteiger partial charge in [-0.15, -0.1) is 10.2 Å². The molecule has 0 saturated carbocycles. The number of rotatable bonds is 1. The molecule has 0 fully saturated rings. The van der Waals surface area contributed by atoms with Gasteiger partial charge in [-0.25, -0.2) is 0 Å². The van der Waals surface area contributed by atoms with E-state index in [4.69, 9.17) is 5.73 Å². The zero-order valence-corrected chi connectivity index (χ0v) is 8.51.